The second kappa shape index (κ2) is 5.16. The van der Waals surface area contributed by atoms with Gasteiger partial charge in [-0.2, -0.15) is 0 Å². The summed E-state index contributed by atoms with van der Waals surface area (Å²) in [4.78, 5) is 13.7. The third-order valence-corrected chi connectivity index (χ3v) is 3.27. The summed E-state index contributed by atoms with van der Waals surface area (Å²) in [5.41, 5.74) is -0.123. The van der Waals surface area contributed by atoms with Gasteiger partial charge in [0.25, 0.3) is 0 Å². The standard InChI is InChI=1S/C13H17ClN2O2/c1-13(18)6-3-7-16(9-13)12(17)15-11-5-2-4-10(14)8-11/h2,4-5,8,18H,3,6-7,9H2,1H3,(H,15,17). The van der Waals surface area contributed by atoms with Crippen molar-refractivity contribution in [1.82, 2.24) is 4.90 Å². The highest BCUT2D eigenvalue weighted by Crippen LogP contribution is 2.21. The van der Waals surface area contributed by atoms with Gasteiger partial charge in [-0.1, -0.05) is 17.7 Å². The summed E-state index contributed by atoms with van der Waals surface area (Å²) in [5, 5.41) is 13.3. The quantitative estimate of drug-likeness (QED) is 0.823. The van der Waals surface area contributed by atoms with E-state index < -0.39 is 5.60 Å². The number of hydrogen-bond acceptors (Lipinski definition) is 2. The molecule has 4 nitrogen and oxygen atoms in total. The Bertz CT molecular complexity index is 448. The fraction of sp³-hybridized carbons (Fsp3) is 0.462. The predicted molar refractivity (Wildman–Crippen MR) is 71.9 cm³/mol. The first-order valence-electron chi connectivity index (χ1n) is 6.00. The van der Waals surface area contributed by atoms with Crippen LogP contribution in [-0.2, 0) is 0 Å². The van der Waals surface area contributed by atoms with E-state index in [1.807, 2.05) is 0 Å². The van der Waals surface area contributed by atoms with Gasteiger partial charge in [0.05, 0.1) is 12.1 Å². The zero-order valence-corrected chi connectivity index (χ0v) is 11.1. The number of anilines is 1. The van der Waals surface area contributed by atoms with Crippen LogP contribution in [0, 0.1) is 0 Å². The Balaban J connectivity index is 2.00. The number of amides is 2. The van der Waals surface area contributed by atoms with Crippen molar-refractivity contribution in [3.63, 3.8) is 0 Å². The SMILES string of the molecule is CC1(O)CCCN(C(=O)Nc2cccc(Cl)c2)C1. The molecule has 1 aromatic rings. The summed E-state index contributed by atoms with van der Waals surface area (Å²) in [7, 11) is 0. The van der Waals surface area contributed by atoms with Gasteiger partial charge in [0.1, 0.15) is 0 Å². The van der Waals surface area contributed by atoms with Crippen molar-refractivity contribution in [3.8, 4) is 0 Å². The van der Waals surface area contributed by atoms with E-state index in [9.17, 15) is 9.90 Å². The number of hydrogen-bond donors (Lipinski definition) is 2. The minimum Gasteiger partial charge on any atom is -0.388 e. The van der Waals surface area contributed by atoms with Crippen LogP contribution >= 0.6 is 11.6 Å². The molecule has 0 bridgehead atoms. The molecule has 0 aromatic heterocycles. The van der Waals surface area contributed by atoms with E-state index in [4.69, 9.17) is 11.6 Å². The molecule has 98 valence electrons. The number of urea groups is 1. The van der Waals surface area contributed by atoms with Gasteiger partial charge in [0.15, 0.2) is 0 Å². The Kier molecular flexibility index (Phi) is 3.78. The molecule has 2 amide bonds. The molecule has 1 aliphatic rings. The van der Waals surface area contributed by atoms with E-state index in [1.165, 1.54) is 0 Å². The lowest BCUT2D eigenvalue weighted by Crippen LogP contribution is -2.49. The average molecular weight is 269 g/mol. The van der Waals surface area contributed by atoms with Crippen molar-refractivity contribution in [1.29, 1.82) is 0 Å². The van der Waals surface area contributed by atoms with E-state index in [2.05, 4.69) is 5.32 Å². The minimum atomic E-state index is -0.788. The van der Waals surface area contributed by atoms with Crippen LogP contribution in [0.25, 0.3) is 0 Å². The van der Waals surface area contributed by atoms with Crippen molar-refractivity contribution in [3.05, 3.63) is 29.3 Å². The van der Waals surface area contributed by atoms with E-state index in [-0.39, 0.29) is 6.03 Å². The lowest BCUT2D eigenvalue weighted by Gasteiger charge is -2.36. The Morgan fingerprint density at radius 2 is 2.33 bits per heavy atom. The number of carbonyl (C=O) groups is 1. The van der Waals surface area contributed by atoms with Gasteiger partial charge in [-0.15, -0.1) is 0 Å². The maximum absolute atomic E-state index is 12.0. The van der Waals surface area contributed by atoms with Crippen LogP contribution in [0.3, 0.4) is 0 Å². The van der Waals surface area contributed by atoms with E-state index >= 15 is 0 Å². The number of nitrogens with zero attached hydrogens (tertiary/aromatic N) is 1. The third kappa shape index (κ3) is 3.37. The van der Waals surface area contributed by atoms with Crippen LogP contribution in [0.4, 0.5) is 10.5 Å². The van der Waals surface area contributed by atoms with Crippen molar-refractivity contribution >= 4 is 23.3 Å². The van der Waals surface area contributed by atoms with Crippen LogP contribution in [0.2, 0.25) is 5.02 Å². The highest BCUT2D eigenvalue weighted by molar-refractivity contribution is 6.30. The molecule has 18 heavy (non-hydrogen) atoms. The number of piperidine rings is 1. The molecule has 5 heteroatoms. The molecule has 1 aromatic carbocycles. The van der Waals surface area contributed by atoms with Gasteiger partial charge in [-0.3, -0.25) is 0 Å². The fourth-order valence-electron chi connectivity index (χ4n) is 2.16. The van der Waals surface area contributed by atoms with Gasteiger partial charge < -0.3 is 15.3 Å². The average Bonchev–Trinajstić information content (AvgIpc) is 2.27. The molecule has 1 unspecified atom stereocenters. The number of β-amino-alcohol motifs (C(OH)–C–C–N with tert-alkyl or cyclic N) is 1. The minimum absolute atomic E-state index is 0.197. The number of nitrogens with one attached hydrogen (secondary N) is 1. The summed E-state index contributed by atoms with van der Waals surface area (Å²) >= 11 is 5.85. The van der Waals surface area contributed by atoms with Crippen molar-refractivity contribution in [2.45, 2.75) is 25.4 Å². The van der Waals surface area contributed by atoms with Crippen molar-refractivity contribution in [2.75, 3.05) is 18.4 Å². The fourth-order valence-corrected chi connectivity index (χ4v) is 2.35. The number of likely N-dealkylation sites (tertiary alicyclic amines) is 1. The molecule has 1 heterocycles. The third-order valence-electron chi connectivity index (χ3n) is 3.04. The number of halogens is 1. The second-order valence-electron chi connectivity index (χ2n) is 4.96. The molecular weight excluding hydrogens is 252 g/mol. The lowest BCUT2D eigenvalue weighted by molar-refractivity contribution is -0.000634. The topological polar surface area (TPSA) is 52.6 Å². The molecule has 2 N–H and O–H groups in total. The number of carbonyl (C=O) groups excluding carboxylic acids is 1. The molecule has 1 saturated heterocycles. The monoisotopic (exact) mass is 268 g/mol. The van der Waals surface area contributed by atoms with Gasteiger partial charge >= 0.3 is 6.03 Å². The van der Waals surface area contributed by atoms with Gasteiger partial charge in [0, 0.05) is 17.3 Å². The molecule has 1 fully saturated rings. The molecule has 1 atom stereocenters. The number of benzene rings is 1. The highest BCUT2D eigenvalue weighted by atomic mass is 35.5. The Morgan fingerprint density at radius 1 is 1.56 bits per heavy atom. The summed E-state index contributed by atoms with van der Waals surface area (Å²) in [6.45, 7) is 2.79. The molecule has 0 saturated carbocycles. The molecule has 0 aliphatic carbocycles. The molecular formula is C13H17ClN2O2. The molecule has 2 rings (SSSR count). The smallest absolute Gasteiger partial charge is 0.321 e. The zero-order chi connectivity index (χ0) is 13.2. The maximum Gasteiger partial charge on any atom is 0.321 e. The van der Waals surface area contributed by atoms with Crippen LogP contribution in [0.15, 0.2) is 24.3 Å². The first kappa shape index (κ1) is 13.2. The van der Waals surface area contributed by atoms with Crippen molar-refractivity contribution in [2.24, 2.45) is 0 Å². The summed E-state index contributed by atoms with van der Waals surface area (Å²) in [6.07, 6.45) is 1.55. The van der Waals surface area contributed by atoms with Crippen LogP contribution < -0.4 is 5.32 Å². The van der Waals surface area contributed by atoms with E-state index in [0.717, 1.165) is 12.8 Å². The lowest BCUT2D eigenvalue weighted by atomic mass is 9.95. The maximum atomic E-state index is 12.0. The van der Waals surface area contributed by atoms with Crippen molar-refractivity contribution < 1.29 is 9.90 Å². The summed E-state index contributed by atoms with van der Waals surface area (Å²) < 4.78 is 0. The molecule has 0 spiro atoms. The summed E-state index contributed by atoms with van der Waals surface area (Å²) in [5.74, 6) is 0. The Labute approximate surface area is 112 Å². The second-order valence-corrected chi connectivity index (χ2v) is 5.40. The zero-order valence-electron chi connectivity index (χ0n) is 10.3. The Morgan fingerprint density at radius 3 is 3.00 bits per heavy atom. The van der Waals surface area contributed by atoms with Crippen LogP contribution in [0.5, 0.6) is 0 Å². The predicted octanol–water partition coefficient (Wildman–Crippen LogP) is 2.72. The normalized spacial score (nSPS) is 23.8. The van der Waals surface area contributed by atoms with E-state index in [1.54, 1.807) is 36.1 Å². The molecule has 0 radical (unpaired) electrons. The first-order valence-corrected chi connectivity index (χ1v) is 6.38. The van der Waals surface area contributed by atoms with Gasteiger partial charge in [0.2, 0.25) is 0 Å². The number of rotatable bonds is 1. The largest absolute Gasteiger partial charge is 0.388 e. The molecule has 1 aliphatic heterocycles. The van der Waals surface area contributed by atoms with Gasteiger partial charge in [-0.05, 0) is 38.0 Å². The Hall–Kier alpha value is -1.26. The van der Waals surface area contributed by atoms with Gasteiger partial charge in [-0.25, -0.2) is 4.79 Å². The van der Waals surface area contributed by atoms with Crippen LogP contribution in [0.1, 0.15) is 19.8 Å². The van der Waals surface area contributed by atoms with E-state index in [0.29, 0.717) is 23.8 Å². The van der Waals surface area contributed by atoms with Crippen LogP contribution in [-0.4, -0.2) is 34.7 Å². The number of aliphatic hydroxyl groups is 1. The highest BCUT2D eigenvalue weighted by Gasteiger charge is 2.30. The first-order chi connectivity index (χ1) is 8.46. The summed E-state index contributed by atoms with van der Waals surface area (Å²) in [6, 6.07) is 6.82.